The van der Waals surface area contributed by atoms with E-state index in [1.807, 2.05) is 4.90 Å². The number of sulfonamides is 1. The fourth-order valence-electron chi connectivity index (χ4n) is 4.12. The maximum absolute atomic E-state index is 12.9. The maximum Gasteiger partial charge on any atom is 0.246 e. The first-order chi connectivity index (χ1) is 13.4. The molecule has 1 aromatic heterocycles. The Morgan fingerprint density at radius 2 is 1.75 bits per heavy atom. The van der Waals surface area contributed by atoms with Crippen molar-refractivity contribution in [2.75, 3.05) is 45.8 Å². The second kappa shape index (κ2) is 8.26. The molecule has 1 amide bonds. The van der Waals surface area contributed by atoms with Crippen LogP contribution in [0.15, 0.2) is 23.2 Å². The first-order valence-electron chi connectivity index (χ1n) is 10.1. The molecule has 0 bridgehead atoms. The van der Waals surface area contributed by atoms with Crippen LogP contribution < -0.4 is 0 Å². The van der Waals surface area contributed by atoms with Crippen molar-refractivity contribution >= 4 is 27.5 Å². The Balaban J connectivity index is 1.30. The van der Waals surface area contributed by atoms with Crippen LogP contribution >= 0.6 is 11.6 Å². The quantitative estimate of drug-likeness (QED) is 0.670. The first-order valence-corrected chi connectivity index (χ1v) is 11.9. The molecule has 2 saturated heterocycles. The van der Waals surface area contributed by atoms with E-state index in [-0.39, 0.29) is 21.9 Å². The largest absolute Gasteiger partial charge is 0.340 e. The number of pyridine rings is 1. The fraction of sp³-hybridized carbons (Fsp3) is 0.684. The second-order valence-corrected chi connectivity index (χ2v) is 10.3. The maximum atomic E-state index is 12.9. The molecule has 2 aliphatic heterocycles. The highest BCUT2D eigenvalue weighted by atomic mass is 35.5. The molecule has 0 aromatic carbocycles. The fourth-order valence-corrected chi connectivity index (χ4v) is 6.02. The SMILES string of the molecule is O=C(C1CCN(S(=O)(=O)c2cccnc2Cl)CC1)N1CCN(CC2CC2)CC1. The van der Waals surface area contributed by atoms with E-state index in [0.717, 1.165) is 32.1 Å². The summed E-state index contributed by atoms with van der Waals surface area (Å²) in [4.78, 5) is 21.2. The van der Waals surface area contributed by atoms with Crippen molar-refractivity contribution in [2.24, 2.45) is 11.8 Å². The summed E-state index contributed by atoms with van der Waals surface area (Å²) in [7, 11) is -3.67. The zero-order chi connectivity index (χ0) is 19.7. The number of piperazine rings is 1. The number of halogens is 1. The molecular formula is C19H27ClN4O3S. The van der Waals surface area contributed by atoms with E-state index < -0.39 is 10.0 Å². The van der Waals surface area contributed by atoms with Gasteiger partial charge in [0.1, 0.15) is 10.0 Å². The molecule has 0 unspecified atom stereocenters. The van der Waals surface area contributed by atoms with Crippen molar-refractivity contribution in [2.45, 2.75) is 30.6 Å². The molecule has 0 atom stereocenters. The summed E-state index contributed by atoms with van der Waals surface area (Å²) in [5.41, 5.74) is 0. The lowest BCUT2D eigenvalue weighted by Gasteiger charge is -2.38. The lowest BCUT2D eigenvalue weighted by atomic mass is 9.96. The second-order valence-electron chi connectivity index (χ2n) is 8.04. The summed E-state index contributed by atoms with van der Waals surface area (Å²) in [6.45, 7) is 5.33. The highest BCUT2D eigenvalue weighted by molar-refractivity contribution is 7.89. The van der Waals surface area contributed by atoms with E-state index in [0.29, 0.717) is 25.9 Å². The van der Waals surface area contributed by atoms with E-state index in [1.54, 1.807) is 6.07 Å². The van der Waals surface area contributed by atoms with Gasteiger partial charge in [-0.2, -0.15) is 4.31 Å². The van der Waals surface area contributed by atoms with Gasteiger partial charge in [-0.15, -0.1) is 0 Å². The number of aromatic nitrogens is 1. The number of carbonyl (C=O) groups is 1. The molecule has 3 heterocycles. The van der Waals surface area contributed by atoms with Gasteiger partial charge in [-0.3, -0.25) is 9.69 Å². The Morgan fingerprint density at radius 1 is 1.07 bits per heavy atom. The number of rotatable bonds is 5. The van der Waals surface area contributed by atoms with Gasteiger partial charge in [0.05, 0.1) is 0 Å². The predicted octanol–water partition coefficient (Wildman–Crippen LogP) is 1.69. The zero-order valence-electron chi connectivity index (χ0n) is 16.0. The van der Waals surface area contributed by atoms with Gasteiger partial charge in [0.15, 0.2) is 0 Å². The van der Waals surface area contributed by atoms with Crippen molar-refractivity contribution in [1.82, 2.24) is 19.1 Å². The summed E-state index contributed by atoms with van der Waals surface area (Å²) in [6, 6.07) is 3.04. The number of amides is 1. The van der Waals surface area contributed by atoms with E-state index in [4.69, 9.17) is 11.6 Å². The minimum absolute atomic E-state index is 0.00947. The molecule has 0 radical (unpaired) electrons. The van der Waals surface area contributed by atoms with Crippen LogP contribution in [0.4, 0.5) is 0 Å². The van der Waals surface area contributed by atoms with E-state index in [2.05, 4.69) is 9.88 Å². The molecule has 4 rings (SSSR count). The van der Waals surface area contributed by atoms with E-state index >= 15 is 0 Å². The minimum atomic E-state index is -3.67. The van der Waals surface area contributed by atoms with E-state index in [1.165, 1.54) is 36.0 Å². The number of piperidine rings is 1. The van der Waals surface area contributed by atoms with Gasteiger partial charge in [-0.05, 0) is 43.7 Å². The number of carbonyl (C=O) groups excluding carboxylic acids is 1. The van der Waals surface area contributed by atoms with Crippen molar-refractivity contribution in [3.63, 3.8) is 0 Å². The Labute approximate surface area is 171 Å². The Morgan fingerprint density at radius 3 is 2.36 bits per heavy atom. The predicted molar refractivity (Wildman–Crippen MR) is 106 cm³/mol. The van der Waals surface area contributed by atoms with Crippen LogP contribution in [0.3, 0.4) is 0 Å². The van der Waals surface area contributed by atoms with E-state index in [9.17, 15) is 13.2 Å². The van der Waals surface area contributed by atoms with Crippen LogP contribution in [0.1, 0.15) is 25.7 Å². The summed E-state index contributed by atoms with van der Waals surface area (Å²) in [6.07, 6.45) is 5.28. The summed E-state index contributed by atoms with van der Waals surface area (Å²) < 4.78 is 27.1. The normalized spacial score (nSPS) is 23.1. The zero-order valence-corrected chi connectivity index (χ0v) is 17.5. The molecule has 28 heavy (non-hydrogen) atoms. The monoisotopic (exact) mass is 426 g/mol. The van der Waals surface area contributed by atoms with Crippen molar-refractivity contribution in [3.05, 3.63) is 23.5 Å². The molecule has 1 aliphatic carbocycles. The Kier molecular flexibility index (Phi) is 5.92. The van der Waals surface area contributed by atoms with Gasteiger partial charge >= 0.3 is 0 Å². The minimum Gasteiger partial charge on any atom is -0.340 e. The van der Waals surface area contributed by atoms with Crippen LogP contribution in [0.5, 0.6) is 0 Å². The van der Waals surface area contributed by atoms with Crippen LogP contribution in [0.25, 0.3) is 0 Å². The van der Waals surface area contributed by atoms with Crippen LogP contribution in [0.2, 0.25) is 5.15 Å². The smallest absolute Gasteiger partial charge is 0.246 e. The van der Waals surface area contributed by atoms with Crippen molar-refractivity contribution in [3.8, 4) is 0 Å². The third kappa shape index (κ3) is 4.35. The molecule has 7 nitrogen and oxygen atoms in total. The average Bonchev–Trinajstić information content (AvgIpc) is 3.52. The first kappa shape index (κ1) is 20.1. The third-order valence-electron chi connectivity index (χ3n) is 6.04. The highest BCUT2D eigenvalue weighted by Crippen LogP contribution is 2.30. The lowest BCUT2D eigenvalue weighted by Crippen LogP contribution is -2.52. The molecule has 154 valence electrons. The molecule has 3 fully saturated rings. The van der Waals surface area contributed by atoms with Crippen LogP contribution in [-0.2, 0) is 14.8 Å². The average molecular weight is 427 g/mol. The van der Waals surface area contributed by atoms with Crippen LogP contribution in [-0.4, -0.2) is 79.2 Å². The molecule has 9 heteroatoms. The summed E-state index contributed by atoms with van der Waals surface area (Å²) in [5, 5.41) is -0.00947. The molecule has 0 N–H and O–H groups in total. The van der Waals surface area contributed by atoms with Gasteiger partial charge < -0.3 is 4.90 Å². The van der Waals surface area contributed by atoms with Gasteiger partial charge in [-0.1, -0.05) is 11.6 Å². The third-order valence-corrected chi connectivity index (χ3v) is 8.39. The highest BCUT2D eigenvalue weighted by Gasteiger charge is 2.36. The Bertz CT molecular complexity index is 814. The van der Waals surface area contributed by atoms with Crippen molar-refractivity contribution in [1.29, 1.82) is 0 Å². The summed E-state index contributed by atoms with van der Waals surface area (Å²) in [5.74, 6) is 0.968. The van der Waals surface area contributed by atoms with Gasteiger partial charge in [0, 0.05) is 57.9 Å². The number of hydrogen-bond acceptors (Lipinski definition) is 5. The lowest BCUT2D eigenvalue weighted by molar-refractivity contribution is -0.138. The molecule has 3 aliphatic rings. The Hall–Kier alpha value is -1.22. The molecule has 1 aromatic rings. The summed E-state index contributed by atoms with van der Waals surface area (Å²) >= 11 is 5.97. The molecule has 1 saturated carbocycles. The standard InChI is InChI=1S/C19H27ClN4O3S/c20-18-17(2-1-7-21-18)28(26,27)24-8-5-16(6-9-24)19(25)23-12-10-22(11-13-23)14-15-3-4-15/h1-2,7,15-16H,3-6,8-14H2. The molecular weight excluding hydrogens is 400 g/mol. The van der Waals surface area contributed by atoms with Crippen LogP contribution in [0, 0.1) is 11.8 Å². The van der Waals surface area contributed by atoms with Gasteiger partial charge in [0.2, 0.25) is 15.9 Å². The van der Waals surface area contributed by atoms with Crippen molar-refractivity contribution < 1.29 is 13.2 Å². The number of hydrogen-bond donors (Lipinski definition) is 0. The van der Waals surface area contributed by atoms with Gasteiger partial charge in [0.25, 0.3) is 0 Å². The topological polar surface area (TPSA) is 73.8 Å². The number of nitrogens with zero attached hydrogens (tertiary/aromatic N) is 4. The van der Waals surface area contributed by atoms with Gasteiger partial charge in [-0.25, -0.2) is 13.4 Å². The molecule has 0 spiro atoms.